The minimum atomic E-state index is -4.72. The van der Waals surface area contributed by atoms with Gasteiger partial charge in [-0.25, -0.2) is 4.98 Å². The van der Waals surface area contributed by atoms with Gasteiger partial charge in [-0.05, 0) is 42.2 Å². The van der Waals surface area contributed by atoms with Gasteiger partial charge in [-0.2, -0.15) is 13.2 Å². The largest absolute Gasteiger partial charge is 0.522 e. The molecule has 0 radical (unpaired) electrons. The van der Waals surface area contributed by atoms with Gasteiger partial charge in [0.2, 0.25) is 0 Å². The Morgan fingerprint density at radius 1 is 1.13 bits per heavy atom. The maximum atomic E-state index is 13.2. The van der Waals surface area contributed by atoms with E-state index < -0.39 is 24.7 Å². The van der Waals surface area contributed by atoms with Crippen LogP contribution >= 0.6 is 0 Å². The fourth-order valence-electron chi connectivity index (χ4n) is 3.61. The van der Waals surface area contributed by atoms with E-state index in [-0.39, 0.29) is 19.0 Å². The summed E-state index contributed by atoms with van der Waals surface area (Å²) in [4.78, 5) is 6.00. The van der Waals surface area contributed by atoms with Crippen LogP contribution in [-0.4, -0.2) is 47.2 Å². The van der Waals surface area contributed by atoms with Crippen LogP contribution in [0.5, 0.6) is 0 Å². The number of hydrogen-bond acceptors (Lipinski definition) is 3. The zero-order valence-corrected chi connectivity index (χ0v) is 16.0. The van der Waals surface area contributed by atoms with Crippen LogP contribution in [0, 0.1) is 0 Å². The topological polar surface area (TPSA) is 30.3 Å². The van der Waals surface area contributed by atoms with Crippen molar-refractivity contribution in [3.05, 3.63) is 47.4 Å². The zero-order valence-electron chi connectivity index (χ0n) is 16.0. The van der Waals surface area contributed by atoms with Crippen LogP contribution in [0.4, 0.5) is 26.3 Å². The van der Waals surface area contributed by atoms with Gasteiger partial charge in [0.05, 0.1) is 23.2 Å². The smallest absolute Gasteiger partial charge is 0.376 e. The summed E-state index contributed by atoms with van der Waals surface area (Å²) in [6, 6.07) is 5.05. The highest BCUT2D eigenvalue weighted by Crippen LogP contribution is 2.41. The van der Waals surface area contributed by atoms with E-state index in [0.717, 1.165) is 18.9 Å². The molecule has 4 nitrogen and oxygen atoms in total. The number of alkyl halides is 6. The fourth-order valence-corrected chi connectivity index (χ4v) is 3.61. The zero-order chi connectivity index (χ0) is 21.7. The van der Waals surface area contributed by atoms with Crippen molar-refractivity contribution in [1.82, 2.24) is 14.5 Å². The Hall–Kier alpha value is -2.49. The van der Waals surface area contributed by atoms with Gasteiger partial charge in [-0.3, -0.25) is 4.74 Å². The third-order valence-corrected chi connectivity index (χ3v) is 5.11. The van der Waals surface area contributed by atoms with Crippen LogP contribution in [0.25, 0.3) is 16.6 Å². The first kappa shape index (κ1) is 20.8. The van der Waals surface area contributed by atoms with Crippen molar-refractivity contribution in [2.45, 2.75) is 37.8 Å². The molecule has 0 unspecified atom stereocenters. The molecule has 2 aliphatic rings. The molecule has 1 saturated carbocycles. The normalized spacial score (nSPS) is 18.0. The van der Waals surface area contributed by atoms with Crippen molar-refractivity contribution >= 4 is 16.6 Å². The number of likely N-dealkylation sites (N-methyl/N-ethyl adjacent to an activating group) is 1. The maximum absolute atomic E-state index is 13.2. The molecule has 4 rings (SSSR count). The summed E-state index contributed by atoms with van der Waals surface area (Å²) < 4.78 is 82.4. The number of rotatable bonds is 5. The molecule has 1 aliphatic heterocycles. The summed E-state index contributed by atoms with van der Waals surface area (Å²) in [5.74, 6) is 0.873. The summed E-state index contributed by atoms with van der Waals surface area (Å²) in [5.41, 5.74) is 1.43. The lowest BCUT2D eigenvalue weighted by atomic mass is 10.00. The van der Waals surface area contributed by atoms with Gasteiger partial charge < -0.3 is 9.47 Å². The summed E-state index contributed by atoms with van der Waals surface area (Å²) in [7, 11) is 1.56. The van der Waals surface area contributed by atoms with Crippen molar-refractivity contribution in [3.63, 3.8) is 0 Å². The van der Waals surface area contributed by atoms with Crippen molar-refractivity contribution in [1.29, 1.82) is 0 Å². The Balaban J connectivity index is 1.71. The van der Waals surface area contributed by atoms with E-state index in [1.165, 1.54) is 4.90 Å². The first-order valence-corrected chi connectivity index (χ1v) is 9.42. The molecule has 162 valence electrons. The highest BCUT2D eigenvalue weighted by molar-refractivity contribution is 5.85. The number of allylic oxidation sites excluding steroid dienone is 2. The van der Waals surface area contributed by atoms with Gasteiger partial charge in [-0.1, -0.05) is 6.07 Å². The first-order valence-electron chi connectivity index (χ1n) is 9.42. The van der Waals surface area contributed by atoms with Crippen LogP contribution in [0.15, 0.2) is 36.0 Å². The molecular formula is C20H19F6N3O. The van der Waals surface area contributed by atoms with Gasteiger partial charge in [0.15, 0.2) is 0 Å². The Kier molecular flexibility index (Phi) is 5.08. The van der Waals surface area contributed by atoms with Crippen molar-refractivity contribution in [2.75, 3.05) is 20.2 Å². The van der Waals surface area contributed by atoms with E-state index in [1.807, 2.05) is 0 Å². The predicted molar refractivity (Wildman–Crippen MR) is 98.5 cm³/mol. The molecule has 10 heteroatoms. The number of hydrogen-bond donors (Lipinski definition) is 0. The minimum Gasteiger partial charge on any atom is -0.376 e. The lowest BCUT2D eigenvalue weighted by Gasteiger charge is -2.25. The van der Waals surface area contributed by atoms with E-state index in [1.54, 1.807) is 36.0 Å². The molecule has 1 aromatic heterocycles. The third-order valence-electron chi connectivity index (χ3n) is 5.11. The number of aromatic nitrogens is 2. The quantitative estimate of drug-likeness (QED) is 0.608. The second kappa shape index (κ2) is 7.33. The van der Waals surface area contributed by atoms with E-state index in [0.29, 0.717) is 28.0 Å². The first-order chi connectivity index (χ1) is 14.0. The second-order valence-corrected chi connectivity index (χ2v) is 7.56. The number of benzene rings is 1. The van der Waals surface area contributed by atoms with Crippen molar-refractivity contribution < 1.29 is 31.1 Å². The highest BCUT2D eigenvalue weighted by atomic mass is 19.4. The van der Waals surface area contributed by atoms with Gasteiger partial charge in [0, 0.05) is 32.3 Å². The van der Waals surface area contributed by atoms with E-state index >= 15 is 0 Å². The molecule has 30 heavy (non-hydrogen) atoms. The van der Waals surface area contributed by atoms with Crippen LogP contribution in [0.1, 0.15) is 30.1 Å². The van der Waals surface area contributed by atoms with Gasteiger partial charge in [0.25, 0.3) is 0 Å². The molecule has 0 spiro atoms. The SMILES string of the molecule is CN1C=C(c2ccc3nc(C4CC4)n(CCOC(F)(F)F)c3c2)C=C(C(F)(F)F)C1. The molecule has 1 aromatic carbocycles. The molecule has 1 fully saturated rings. The third kappa shape index (κ3) is 4.48. The van der Waals surface area contributed by atoms with Crippen LogP contribution in [0.2, 0.25) is 0 Å². The number of halogens is 6. The molecule has 0 amide bonds. The standard InChI is InChI=1S/C20H19F6N3O/c1-28-10-14(8-15(11-28)19(21,22)23)13-4-5-16-17(9-13)29(6-7-30-20(24,25)26)18(27-16)12-2-3-12/h4-5,8-10,12H,2-3,6-7,11H2,1H3. The second-order valence-electron chi connectivity index (χ2n) is 7.56. The number of nitrogens with zero attached hydrogens (tertiary/aromatic N) is 3. The Morgan fingerprint density at radius 3 is 2.50 bits per heavy atom. The summed E-state index contributed by atoms with van der Waals surface area (Å²) in [6.07, 6.45) is -4.62. The van der Waals surface area contributed by atoms with Crippen LogP contribution < -0.4 is 0 Å². The Bertz CT molecular complexity index is 1010. The molecule has 0 atom stereocenters. The van der Waals surface area contributed by atoms with E-state index in [2.05, 4.69) is 9.72 Å². The Morgan fingerprint density at radius 2 is 1.87 bits per heavy atom. The lowest BCUT2D eigenvalue weighted by molar-refractivity contribution is -0.325. The number of imidazole rings is 1. The average molecular weight is 431 g/mol. The van der Waals surface area contributed by atoms with E-state index in [9.17, 15) is 26.3 Å². The van der Waals surface area contributed by atoms with Crippen LogP contribution in [-0.2, 0) is 11.3 Å². The van der Waals surface area contributed by atoms with E-state index in [4.69, 9.17) is 0 Å². The monoisotopic (exact) mass is 431 g/mol. The molecule has 1 aliphatic carbocycles. The van der Waals surface area contributed by atoms with Gasteiger partial charge in [0.1, 0.15) is 5.82 Å². The maximum Gasteiger partial charge on any atom is 0.522 e. The molecule has 2 aromatic rings. The summed E-state index contributed by atoms with van der Waals surface area (Å²) in [5, 5.41) is 0. The summed E-state index contributed by atoms with van der Waals surface area (Å²) in [6.45, 7) is -0.857. The number of ether oxygens (including phenoxy) is 1. The molecule has 0 bridgehead atoms. The lowest BCUT2D eigenvalue weighted by Crippen LogP contribution is -2.26. The Labute approximate surface area is 168 Å². The van der Waals surface area contributed by atoms with Crippen LogP contribution in [0.3, 0.4) is 0 Å². The highest BCUT2D eigenvalue weighted by Gasteiger charge is 2.36. The predicted octanol–water partition coefficient (Wildman–Crippen LogP) is 5.23. The molecule has 0 N–H and O–H groups in total. The summed E-state index contributed by atoms with van der Waals surface area (Å²) >= 11 is 0. The molecule has 0 saturated heterocycles. The van der Waals surface area contributed by atoms with Crippen molar-refractivity contribution in [2.24, 2.45) is 0 Å². The fraction of sp³-hybridized carbons (Fsp3) is 0.450. The average Bonchev–Trinajstić information content (AvgIpc) is 3.42. The van der Waals surface area contributed by atoms with Crippen molar-refractivity contribution in [3.8, 4) is 0 Å². The van der Waals surface area contributed by atoms with Gasteiger partial charge >= 0.3 is 12.5 Å². The molecular weight excluding hydrogens is 412 g/mol. The molecule has 2 heterocycles. The van der Waals surface area contributed by atoms with Gasteiger partial charge in [-0.15, -0.1) is 13.2 Å². The number of fused-ring (bicyclic) bond motifs is 1. The minimum absolute atomic E-state index is 0.0477.